The molecule has 84 valence electrons. The third-order valence-electron chi connectivity index (χ3n) is 1.86. The molecular weight excluding hydrogens is 241 g/mol. The van der Waals surface area contributed by atoms with Gasteiger partial charge in [0.2, 0.25) is 0 Å². The van der Waals surface area contributed by atoms with Crippen LogP contribution in [0.15, 0.2) is 40.9 Å². The highest BCUT2D eigenvalue weighted by molar-refractivity contribution is 8.11. The monoisotopic (exact) mass is 253 g/mol. The van der Waals surface area contributed by atoms with Crippen LogP contribution in [0.2, 0.25) is 0 Å². The first-order chi connectivity index (χ1) is 7.54. The molecule has 0 aliphatic rings. The van der Waals surface area contributed by atoms with E-state index in [9.17, 15) is 0 Å². The Hall–Kier alpha value is -1.12. The summed E-state index contributed by atoms with van der Waals surface area (Å²) in [6.07, 6.45) is -1.76. The highest BCUT2D eigenvalue weighted by atomic mass is 32.4. The maximum atomic E-state index is 5.52. The molecule has 0 atom stereocenters. The smallest absolute Gasteiger partial charge is 0.258 e. The molecule has 0 saturated heterocycles. The summed E-state index contributed by atoms with van der Waals surface area (Å²) in [5.41, 5.74) is 0.977. The van der Waals surface area contributed by atoms with Gasteiger partial charge >= 0.3 is 0 Å². The SMILES string of the molecule is CP(C)(=S)Oc1cc(-c2ccccc2)on1. The fraction of sp³-hybridized carbons (Fsp3) is 0.182. The molecule has 0 radical (unpaired) electrons. The molecule has 0 unspecified atom stereocenters. The Bertz CT molecular complexity index is 518. The number of aromatic nitrogens is 1. The van der Waals surface area contributed by atoms with Gasteiger partial charge in [0.05, 0.1) is 0 Å². The van der Waals surface area contributed by atoms with Crippen LogP contribution in [0.4, 0.5) is 0 Å². The number of hydrogen-bond acceptors (Lipinski definition) is 4. The van der Waals surface area contributed by atoms with Gasteiger partial charge in [-0.15, -0.1) is 0 Å². The minimum absolute atomic E-state index is 0.465. The van der Waals surface area contributed by atoms with Crippen LogP contribution in [0, 0.1) is 0 Å². The molecule has 0 N–H and O–H groups in total. The molecule has 0 bridgehead atoms. The predicted molar refractivity (Wildman–Crippen MR) is 68.7 cm³/mol. The zero-order chi connectivity index (χ0) is 11.6. The average molecular weight is 253 g/mol. The summed E-state index contributed by atoms with van der Waals surface area (Å²) in [6, 6.07) is 11.5. The molecule has 5 heteroatoms. The van der Waals surface area contributed by atoms with Gasteiger partial charge in [-0.05, 0) is 18.5 Å². The Labute approximate surface area is 99.5 Å². The summed E-state index contributed by atoms with van der Waals surface area (Å²) in [4.78, 5) is 0. The van der Waals surface area contributed by atoms with Crippen molar-refractivity contribution in [2.75, 3.05) is 13.3 Å². The van der Waals surface area contributed by atoms with Gasteiger partial charge in [0, 0.05) is 11.6 Å². The second-order valence-corrected chi connectivity index (χ2v) is 9.06. The van der Waals surface area contributed by atoms with Crippen molar-refractivity contribution in [3.05, 3.63) is 36.4 Å². The number of hydrogen-bond donors (Lipinski definition) is 0. The van der Waals surface area contributed by atoms with Crippen LogP contribution in [-0.4, -0.2) is 18.5 Å². The van der Waals surface area contributed by atoms with Gasteiger partial charge in [-0.1, -0.05) is 42.1 Å². The van der Waals surface area contributed by atoms with Gasteiger partial charge in [-0.2, -0.15) is 0 Å². The van der Waals surface area contributed by atoms with Crippen molar-refractivity contribution in [1.82, 2.24) is 5.16 Å². The average Bonchev–Trinajstić information content (AvgIpc) is 2.65. The van der Waals surface area contributed by atoms with E-state index in [1.807, 2.05) is 43.7 Å². The fourth-order valence-electron chi connectivity index (χ4n) is 1.27. The summed E-state index contributed by atoms with van der Waals surface area (Å²) >= 11 is 5.20. The first kappa shape index (κ1) is 11.4. The van der Waals surface area contributed by atoms with E-state index in [-0.39, 0.29) is 0 Å². The van der Waals surface area contributed by atoms with Crippen LogP contribution >= 0.6 is 6.26 Å². The molecule has 2 rings (SSSR count). The van der Waals surface area contributed by atoms with Gasteiger partial charge < -0.3 is 9.05 Å². The lowest BCUT2D eigenvalue weighted by atomic mass is 10.2. The molecule has 1 heterocycles. The van der Waals surface area contributed by atoms with Crippen molar-refractivity contribution < 1.29 is 9.05 Å². The third kappa shape index (κ3) is 2.94. The summed E-state index contributed by atoms with van der Waals surface area (Å²) in [6.45, 7) is 3.80. The van der Waals surface area contributed by atoms with Gasteiger partial charge in [-0.3, -0.25) is 0 Å². The van der Waals surface area contributed by atoms with E-state index < -0.39 is 6.26 Å². The van der Waals surface area contributed by atoms with Crippen LogP contribution in [0.3, 0.4) is 0 Å². The lowest BCUT2D eigenvalue weighted by Crippen LogP contribution is -1.87. The topological polar surface area (TPSA) is 35.3 Å². The zero-order valence-electron chi connectivity index (χ0n) is 9.08. The molecule has 16 heavy (non-hydrogen) atoms. The van der Waals surface area contributed by atoms with Crippen molar-refractivity contribution >= 4 is 18.1 Å². The zero-order valence-corrected chi connectivity index (χ0v) is 10.8. The summed E-state index contributed by atoms with van der Waals surface area (Å²) in [7, 11) is 0. The molecule has 0 fully saturated rings. The Balaban J connectivity index is 2.24. The van der Waals surface area contributed by atoms with Crippen LogP contribution < -0.4 is 4.52 Å². The van der Waals surface area contributed by atoms with Gasteiger partial charge in [-0.25, -0.2) is 0 Å². The minimum Gasteiger partial charge on any atom is -0.447 e. The molecule has 0 aliphatic carbocycles. The second-order valence-electron chi connectivity index (χ2n) is 3.74. The van der Waals surface area contributed by atoms with Crippen LogP contribution in [0.5, 0.6) is 5.88 Å². The van der Waals surface area contributed by atoms with Crippen molar-refractivity contribution in [1.29, 1.82) is 0 Å². The highest BCUT2D eigenvalue weighted by Crippen LogP contribution is 2.39. The number of rotatable bonds is 3. The molecule has 3 nitrogen and oxygen atoms in total. The lowest BCUT2D eigenvalue weighted by molar-refractivity contribution is 0.403. The minimum atomic E-state index is -1.76. The van der Waals surface area contributed by atoms with E-state index in [4.69, 9.17) is 20.9 Å². The van der Waals surface area contributed by atoms with Crippen molar-refractivity contribution in [3.8, 4) is 17.2 Å². The maximum Gasteiger partial charge on any atom is 0.258 e. The van der Waals surface area contributed by atoms with Crippen LogP contribution in [0.25, 0.3) is 11.3 Å². The molecule has 0 aliphatic heterocycles. The summed E-state index contributed by atoms with van der Waals surface area (Å²) < 4.78 is 10.7. The van der Waals surface area contributed by atoms with E-state index >= 15 is 0 Å². The number of benzene rings is 1. The van der Waals surface area contributed by atoms with Gasteiger partial charge in [0.1, 0.15) is 6.26 Å². The van der Waals surface area contributed by atoms with E-state index in [0.717, 1.165) is 5.56 Å². The van der Waals surface area contributed by atoms with E-state index in [1.54, 1.807) is 6.07 Å². The van der Waals surface area contributed by atoms with Crippen LogP contribution in [-0.2, 0) is 11.8 Å². The Morgan fingerprint density at radius 3 is 2.56 bits per heavy atom. The molecule has 0 amide bonds. The standard InChI is InChI=1S/C11H12NO2PS/c1-15(2,16)14-11-8-10(13-12-11)9-6-4-3-5-7-9/h3-8H,1-2H3. The Morgan fingerprint density at radius 2 is 1.94 bits per heavy atom. The normalized spacial score (nSPS) is 11.4. The molecule has 0 spiro atoms. The lowest BCUT2D eigenvalue weighted by Gasteiger charge is -2.08. The largest absolute Gasteiger partial charge is 0.447 e. The molecule has 0 saturated carbocycles. The van der Waals surface area contributed by atoms with E-state index in [0.29, 0.717) is 11.6 Å². The quantitative estimate of drug-likeness (QED) is 0.785. The number of nitrogens with zero attached hydrogens (tertiary/aromatic N) is 1. The van der Waals surface area contributed by atoms with Crippen molar-refractivity contribution in [2.45, 2.75) is 0 Å². The van der Waals surface area contributed by atoms with Crippen LogP contribution in [0.1, 0.15) is 0 Å². The van der Waals surface area contributed by atoms with Gasteiger partial charge in [0.25, 0.3) is 5.88 Å². The molecular formula is C11H12NO2PS. The first-order valence-corrected chi connectivity index (χ1v) is 8.43. The fourth-order valence-corrected chi connectivity index (χ4v) is 2.03. The molecule has 2 aromatic rings. The highest BCUT2D eigenvalue weighted by Gasteiger charge is 2.11. The molecule has 1 aromatic heterocycles. The van der Waals surface area contributed by atoms with Crippen molar-refractivity contribution in [2.24, 2.45) is 0 Å². The Kier molecular flexibility index (Phi) is 3.13. The Morgan fingerprint density at radius 1 is 1.25 bits per heavy atom. The second kappa shape index (κ2) is 4.40. The van der Waals surface area contributed by atoms with Crippen molar-refractivity contribution in [3.63, 3.8) is 0 Å². The summed E-state index contributed by atoms with van der Waals surface area (Å²) in [5, 5.41) is 3.84. The summed E-state index contributed by atoms with van der Waals surface area (Å²) in [5.74, 6) is 1.16. The first-order valence-electron chi connectivity index (χ1n) is 4.81. The maximum absolute atomic E-state index is 5.52. The third-order valence-corrected chi connectivity index (χ3v) is 2.71. The van der Waals surface area contributed by atoms with Gasteiger partial charge in [0.15, 0.2) is 5.76 Å². The molecule has 1 aromatic carbocycles. The van der Waals surface area contributed by atoms with E-state index in [2.05, 4.69) is 5.16 Å². The predicted octanol–water partition coefficient (Wildman–Crippen LogP) is 3.37. The van der Waals surface area contributed by atoms with E-state index in [1.165, 1.54) is 0 Å².